The average Bonchev–Trinajstić information content (AvgIpc) is 3.18. The number of hydrogen-bond donors (Lipinski definition) is 2. The summed E-state index contributed by atoms with van der Waals surface area (Å²) < 4.78 is 11.4. The first-order valence-corrected chi connectivity index (χ1v) is 12.0. The Balaban J connectivity index is 1.50. The minimum atomic E-state index is -1.10. The normalized spacial score (nSPS) is 13.9. The van der Waals surface area contributed by atoms with Crippen LogP contribution in [0.2, 0.25) is 5.02 Å². The largest absolute Gasteiger partial charge is 0.490 e. The Morgan fingerprint density at radius 3 is 2.58 bits per heavy atom. The van der Waals surface area contributed by atoms with Crippen LogP contribution >= 0.6 is 11.6 Å². The van der Waals surface area contributed by atoms with Gasteiger partial charge in [-0.15, -0.1) is 0 Å². The number of nitrogens with zero attached hydrogens (tertiary/aromatic N) is 2. The lowest BCUT2D eigenvalue weighted by Gasteiger charge is -2.14. The van der Waals surface area contributed by atoms with Gasteiger partial charge in [0.15, 0.2) is 18.1 Å². The van der Waals surface area contributed by atoms with Crippen LogP contribution in [0.3, 0.4) is 0 Å². The minimum Gasteiger partial charge on any atom is -0.490 e. The lowest BCUT2D eigenvalue weighted by atomic mass is 10.1. The molecule has 0 fully saturated rings. The molecule has 3 aromatic carbocycles. The van der Waals surface area contributed by atoms with Crippen LogP contribution in [0.15, 0.2) is 77.4 Å². The minimum absolute atomic E-state index is 0.0538. The predicted octanol–water partition coefficient (Wildman–Crippen LogP) is 5.26. The molecule has 2 N–H and O–H groups in total. The number of amides is 2. The highest BCUT2D eigenvalue weighted by Gasteiger charge is 2.29. The second kappa shape index (κ2) is 11.6. The molecule has 2 amide bonds. The van der Waals surface area contributed by atoms with E-state index in [1.807, 2.05) is 6.92 Å². The molecular weight excluding hydrogens is 510 g/mol. The van der Waals surface area contributed by atoms with E-state index in [0.29, 0.717) is 51.4 Å². The van der Waals surface area contributed by atoms with Crippen molar-refractivity contribution in [3.63, 3.8) is 0 Å². The first kappa shape index (κ1) is 26.4. The summed E-state index contributed by atoms with van der Waals surface area (Å²) in [6, 6.07) is 18.0. The topological polar surface area (TPSA) is 118 Å². The van der Waals surface area contributed by atoms with Crippen molar-refractivity contribution >= 4 is 52.5 Å². The second-order valence-electron chi connectivity index (χ2n) is 8.17. The number of carboxylic acid groups (broad SMARTS) is 1. The molecule has 0 bridgehead atoms. The van der Waals surface area contributed by atoms with Crippen molar-refractivity contribution in [1.82, 2.24) is 0 Å². The number of aromatic carboxylic acids is 1. The smallest absolute Gasteiger partial charge is 0.335 e. The number of carbonyl (C=O) groups is 3. The first-order chi connectivity index (χ1) is 18.3. The van der Waals surface area contributed by atoms with Crippen LogP contribution < -0.4 is 19.8 Å². The molecule has 1 aliphatic heterocycles. The Bertz CT molecular complexity index is 1470. The van der Waals surface area contributed by atoms with Crippen LogP contribution in [0.1, 0.15) is 29.8 Å². The molecular formula is C28H24ClN3O6. The maximum Gasteiger partial charge on any atom is 0.335 e. The molecule has 38 heavy (non-hydrogen) atoms. The Morgan fingerprint density at radius 1 is 1.05 bits per heavy atom. The maximum absolute atomic E-state index is 13.1. The van der Waals surface area contributed by atoms with Crippen molar-refractivity contribution in [2.75, 3.05) is 23.5 Å². The van der Waals surface area contributed by atoms with Gasteiger partial charge >= 0.3 is 5.97 Å². The number of hydrazone groups is 1. The van der Waals surface area contributed by atoms with E-state index in [4.69, 9.17) is 21.1 Å². The zero-order chi connectivity index (χ0) is 27.2. The lowest BCUT2D eigenvalue weighted by molar-refractivity contribution is -0.118. The number of nitrogens with one attached hydrogen (secondary N) is 1. The Kier molecular flexibility index (Phi) is 8.08. The fourth-order valence-electron chi connectivity index (χ4n) is 3.69. The van der Waals surface area contributed by atoms with Crippen molar-refractivity contribution in [3.05, 3.63) is 88.5 Å². The van der Waals surface area contributed by atoms with Gasteiger partial charge in [-0.2, -0.15) is 10.1 Å². The van der Waals surface area contributed by atoms with Crippen LogP contribution in [-0.4, -0.2) is 41.8 Å². The molecule has 9 nitrogen and oxygen atoms in total. The van der Waals surface area contributed by atoms with E-state index in [1.165, 1.54) is 17.1 Å². The van der Waals surface area contributed by atoms with Crippen LogP contribution in [0.5, 0.6) is 11.5 Å². The highest BCUT2D eigenvalue weighted by molar-refractivity contribution is 6.33. The maximum atomic E-state index is 13.1. The number of halogens is 1. The van der Waals surface area contributed by atoms with Crippen LogP contribution in [-0.2, 0) is 9.59 Å². The number of carboxylic acids is 1. The SMILES string of the molecule is CCOc1cc(/C=C2/C(=O)N(c3cccc(C(=O)O)c3)N=C2C)ccc1OCC(=O)Nc1ccccc1Cl. The number of anilines is 2. The summed E-state index contributed by atoms with van der Waals surface area (Å²) >= 11 is 6.08. The van der Waals surface area contributed by atoms with Crippen LogP contribution in [0.25, 0.3) is 6.08 Å². The van der Waals surface area contributed by atoms with Crippen molar-refractivity contribution in [2.45, 2.75) is 13.8 Å². The Hall–Kier alpha value is -4.63. The van der Waals surface area contributed by atoms with Gasteiger partial charge in [0, 0.05) is 0 Å². The van der Waals surface area contributed by atoms with Gasteiger partial charge in [0.05, 0.1) is 39.9 Å². The van der Waals surface area contributed by atoms with Gasteiger partial charge < -0.3 is 19.9 Å². The van der Waals surface area contributed by atoms with Crippen molar-refractivity contribution in [3.8, 4) is 11.5 Å². The highest BCUT2D eigenvalue weighted by Crippen LogP contribution is 2.31. The summed E-state index contributed by atoms with van der Waals surface area (Å²) in [4.78, 5) is 36.8. The summed E-state index contributed by atoms with van der Waals surface area (Å²) in [5, 5.41) is 17.9. The molecule has 4 rings (SSSR count). The van der Waals surface area contributed by atoms with E-state index in [2.05, 4.69) is 10.4 Å². The molecule has 0 saturated carbocycles. The number of rotatable bonds is 9. The van der Waals surface area contributed by atoms with Gasteiger partial charge in [-0.1, -0.05) is 35.9 Å². The van der Waals surface area contributed by atoms with Gasteiger partial charge in [0.25, 0.3) is 11.8 Å². The van der Waals surface area contributed by atoms with Gasteiger partial charge in [-0.25, -0.2) is 4.79 Å². The first-order valence-electron chi connectivity index (χ1n) is 11.7. The van der Waals surface area contributed by atoms with Crippen LogP contribution in [0, 0.1) is 0 Å². The molecule has 0 radical (unpaired) electrons. The zero-order valence-electron chi connectivity index (χ0n) is 20.6. The zero-order valence-corrected chi connectivity index (χ0v) is 21.4. The fraction of sp³-hybridized carbons (Fsp3) is 0.143. The standard InChI is InChI=1S/C28H24ClN3O6/c1-3-37-25-14-18(11-12-24(25)38-16-26(33)30-23-10-5-4-9-22(23)29)13-21-17(2)31-32(27(21)34)20-8-6-7-19(15-20)28(35)36/h4-15H,3,16H2,1-2H3,(H,30,33)(H,35,36)/b21-13+. The van der Waals surface area contributed by atoms with Crippen molar-refractivity contribution in [2.24, 2.45) is 5.10 Å². The molecule has 0 spiro atoms. The Labute approximate surface area is 223 Å². The molecule has 3 aromatic rings. The third-order valence-corrected chi connectivity index (χ3v) is 5.82. The molecule has 194 valence electrons. The second-order valence-corrected chi connectivity index (χ2v) is 8.58. The van der Waals surface area contributed by atoms with Gasteiger partial charge in [0.2, 0.25) is 0 Å². The van der Waals surface area contributed by atoms with E-state index in [1.54, 1.807) is 67.6 Å². The van der Waals surface area contributed by atoms with E-state index in [-0.39, 0.29) is 24.0 Å². The Morgan fingerprint density at radius 2 is 1.84 bits per heavy atom. The van der Waals surface area contributed by atoms with Crippen LogP contribution in [0.4, 0.5) is 11.4 Å². The number of benzene rings is 3. The number of ether oxygens (including phenoxy) is 2. The van der Waals surface area contributed by atoms with E-state index < -0.39 is 5.97 Å². The third kappa shape index (κ3) is 6.01. The summed E-state index contributed by atoms with van der Waals surface area (Å²) in [6.07, 6.45) is 1.67. The van der Waals surface area contributed by atoms with Crippen molar-refractivity contribution in [1.29, 1.82) is 0 Å². The van der Waals surface area contributed by atoms with E-state index in [9.17, 15) is 19.5 Å². The quantitative estimate of drug-likeness (QED) is 0.362. The monoisotopic (exact) mass is 533 g/mol. The molecule has 0 aliphatic carbocycles. The van der Waals surface area contributed by atoms with Crippen molar-refractivity contribution < 1.29 is 29.0 Å². The molecule has 1 heterocycles. The highest BCUT2D eigenvalue weighted by atomic mass is 35.5. The third-order valence-electron chi connectivity index (χ3n) is 5.49. The van der Waals surface area contributed by atoms with E-state index in [0.717, 1.165) is 0 Å². The molecule has 0 atom stereocenters. The predicted molar refractivity (Wildman–Crippen MR) is 145 cm³/mol. The average molecular weight is 534 g/mol. The number of hydrogen-bond acceptors (Lipinski definition) is 6. The molecule has 0 saturated heterocycles. The van der Waals surface area contributed by atoms with Gasteiger partial charge in [-0.3, -0.25) is 9.59 Å². The van der Waals surface area contributed by atoms with Gasteiger partial charge in [-0.05, 0) is 68.0 Å². The summed E-state index contributed by atoms with van der Waals surface area (Å²) in [7, 11) is 0. The summed E-state index contributed by atoms with van der Waals surface area (Å²) in [5.41, 5.74) is 2.37. The molecule has 1 aliphatic rings. The van der Waals surface area contributed by atoms with E-state index >= 15 is 0 Å². The van der Waals surface area contributed by atoms with Gasteiger partial charge in [0.1, 0.15) is 0 Å². The lowest BCUT2D eigenvalue weighted by Crippen LogP contribution is -2.21. The number of para-hydroxylation sites is 1. The number of carbonyl (C=O) groups excluding carboxylic acids is 2. The summed E-state index contributed by atoms with van der Waals surface area (Å²) in [6.45, 7) is 3.61. The fourth-order valence-corrected chi connectivity index (χ4v) is 3.87. The molecule has 0 aromatic heterocycles. The molecule has 10 heteroatoms. The molecule has 0 unspecified atom stereocenters. The summed E-state index contributed by atoms with van der Waals surface area (Å²) in [5.74, 6) is -1.11.